The highest BCUT2D eigenvalue weighted by Gasteiger charge is 2.15. The summed E-state index contributed by atoms with van der Waals surface area (Å²) in [7, 11) is 7.84. The minimum Gasteiger partial charge on any atom is -0.378 e. The van der Waals surface area contributed by atoms with Crippen molar-refractivity contribution in [2.45, 2.75) is 12.8 Å². The van der Waals surface area contributed by atoms with Crippen LogP contribution in [0.3, 0.4) is 0 Å². The standard InChI is InChI=1S/C40H37N3O4/c1-42(2)35-22-18-30(19-23-35)37(44)26-28-10-14-32(15-11-28)39(41-47-40(46)34-8-6-5-7-9-34)33-16-12-29(13-17-33)27-38(45)31-20-24-36(25-21-31)43(3)4/h5-25H,26-27H2,1-4H3. The summed E-state index contributed by atoms with van der Waals surface area (Å²) >= 11 is 0. The van der Waals surface area contributed by atoms with Gasteiger partial charge in [-0.05, 0) is 71.8 Å². The third kappa shape index (κ3) is 8.47. The molecule has 0 amide bonds. The molecule has 7 heteroatoms. The fourth-order valence-corrected chi connectivity index (χ4v) is 5.01. The van der Waals surface area contributed by atoms with Gasteiger partial charge in [-0.25, -0.2) is 4.79 Å². The Morgan fingerprint density at radius 1 is 0.489 bits per heavy atom. The predicted molar refractivity (Wildman–Crippen MR) is 188 cm³/mol. The van der Waals surface area contributed by atoms with Crippen molar-refractivity contribution in [3.05, 3.63) is 166 Å². The molecule has 0 fully saturated rings. The van der Waals surface area contributed by atoms with Crippen LogP contribution in [0.5, 0.6) is 0 Å². The Labute approximate surface area is 275 Å². The average molecular weight is 624 g/mol. The van der Waals surface area contributed by atoms with Crippen molar-refractivity contribution in [1.82, 2.24) is 0 Å². The van der Waals surface area contributed by atoms with Gasteiger partial charge in [-0.3, -0.25) is 9.59 Å². The van der Waals surface area contributed by atoms with Crippen LogP contribution >= 0.6 is 0 Å². The van der Waals surface area contributed by atoms with E-state index in [2.05, 4.69) is 5.16 Å². The second-order valence-corrected chi connectivity index (χ2v) is 11.7. The van der Waals surface area contributed by atoms with E-state index in [9.17, 15) is 14.4 Å². The van der Waals surface area contributed by atoms with Crippen LogP contribution in [-0.4, -0.2) is 51.4 Å². The monoisotopic (exact) mass is 623 g/mol. The molecule has 5 aromatic rings. The molecule has 0 atom stereocenters. The van der Waals surface area contributed by atoms with Crippen LogP contribution in [0, 0.1) is 0 Å². The highest BCUT2D eigenvalue weighted by Crippen LogP contribution is 2.19. The minimum atomic E-state index is -0.576. The molecule has 5 aromatic carbocycles. The molecular formula is C40H37N3O4. The van der Waals surface area contributed by atoms with Crippen molar-refractivity contribution in [3.63, 3.8) is 0 Å². The van der Waals surface area contributed by atoms with E-state index in [1.165, 1.54) is 0 Å². The molecule has 0 N–H and O–H groups in total. The number of rotatable bonds is 12. The van der Waals surface area contributed by atoms with Crippen molar-refractivity contribution >= 4 is 34.6 Å². The Morgan fingerprint density at radius 2 is 0.872 bits per heavy atom. The number of Topliss-reactive ketones (excluding diaryl/α,β-unsaturated/α-hetero) is 2. The predicted octanol–water partition coefficient (Wildman–Crippen LogP) is 7.28. The fourth-order valence-electron chi connectivity index (χ4n) is 5.01. The first kappa shape index (κ1) is 32.6. The molecule has 0 unspecified atom stereocenters. The van der Waals surface area contributed by atoms with E-state index >= 15 is 0 Å². The minimum absolute atomic E-state index is 0.0208. The average Bonchev–Trinajstić information content (AvgIpc) is 3.10. The number of anilines is 2. The smallest absolute Gasteiger partial charge is 0.365 e. The zero-order valence-electron chi connectivity index (χ0n) is 27.0. The molecule has 5 rings (SSSR count). The SMILES string of the molecule is CN(C)c1ccc(C(=O)Cc2ccc(C(=NOC(=O)c3ccccc3)c3ccc(CC(=O)c4ccc(N(C)C)cc4)cc3)cc2)cc1. The Morgan fingerprint density at radius 3 is 1.26 bits per heavy atom. The van der Waals surface area contributed by atoms with E-state index in [1.54, 1.807) is 24.3 Å². The van der Waals surface area contributed by atoms with Crippen molar-refractivity contribution in [2.24, 2.45) is 5.16 Å². The summed E-state index contributed by atoms with van der Waals surface area (Å²) in [6, 6.07) is 38.7. The molecule has 7 nitrogen and oxygen atoms in total. The lowest BCUT2D eigenvalue weighted by Gasteiger charge is -2.12. The van der Waals surface area contributed by atoms with Gasteiger partial charge in [0, 0.05) is 74.7 Å². The molecule has 0 saturated heterocycles. The van der Waals surface area contributed by atoms with Gasteiger partial charge in [0.25, 0.3) is 0 Å². The summed E-state index contributed by atoms with van der Waals surface area (Å²) in [5.41, 5.74) is 7.31. The van der Waals surface area contributed by atoms with E-state index in [0.29, 0.717) is 33.5 Å². The van der Waals surface area contributed by atoms with Gasteiger partial charge >= 0.3 is 5.97 Å². The summed E-state index contributed by atoms with van der Waals surface area (Å²) < 4.78 is 0. The fraction of sp³-hybridized carbons (Fsp3) is 0.150. The number of hydrogen-bond donors (Lipinski definition) is 0. The van der Waals surface area contributed by atoms with Gasteiger partial charge in [0.05, 0.1) is 5.56 Å². The van der Waals surface area contributed by atoms with E-state index in [1.807, 2.05) is 141 Å². The third-order valence-electron chi connectivity index (χ3n) is 7.82. The lowest BCUT2D eigenvalue weighted by Crippen LogP contribution is -2.10. The van der Waals surface area contributed by atoms with Gasteiger partial charge in [0.15, 0.2) is 11.6 Å². The highest BCUT2D eigenvalue weighted by atomic mass is 16.7. The Balaban J connectivity index is 1.35. The Kier molecular flexibility index (Phi) is 10.4. The van der Waals surface area contributed by atoms with Crippen LogP contribution in [0.15, 0.2) is 133 Å². The first-order chi connectivity index (χ1) is 22.7. The van der Waals surface area contributed by atoms with E-state index in [4.69, 9.17) is 4.84 Å². The number of carbonyl (C=O) groups excluding carboxylic acids is 3. The van der Waals surface area contributed by atoms with Crippen LogP contribution in [0.2, 0.25) is 0 Å². The lowest BCUT2D eigenvalue weighted by atomic mass is 9.96. The quantitative estimate of drug-likeness (QED) is 0.0629. The summed E-state index contributed by atoms with van der Waals surface area (Å²) in [6.07, 6.45) is 0.495. The van der Waals surface area contributed by atoms with Crippen molar-refractivity contribution in [1.29, 1.82) is 0 Å². The van der Waals surface area contributed by atoms with E-state index < -0.39 is 5.97 Å². The van der Waals surface area contributed by atoms with Gasteiger partial charge in [-0.1, -0.05) is 71.9 Å². The largest absolute Gasteiger partial charge is 0.378 e. The molecule has 0 spiro atoms. The molecule has 236 valence electrons. The van der Waals surface area contributed by atoms with Gasteiger partial charge < -0.3 is 14.6 Å². The Bertz CT molecular complexity index is 1750. The molecule has 0 aliphatic rings. The second-order valence-electron chi connectivity index (χ2n) is 11.7. The zero-order valence-corrected chi connectivity index (χ0v) is 27.0. The molecule has 47 heavy (non-hydrogen) atoms. The van der Waals surface area contributed by atoms with E-state index in [-0.39, 0.29) is 24.4 Å². The first-order valence-corrected chi connectivity index (χ1v) is 15.3. The normalized spacial score (nSPS) is 10.6. The lowest BCUT2D eigenvalue weighted by molar-refractivity contribution is 0.0516. The molecule has 0 heterocycles. The van der Waals surface area contributed by atoms with E-state index in [0.717, 1.165) is 22.5 Å². The van der Waals surface area contributed by atoms with Gasteiger partial charge in [0.2, 0.25) is 0 Å². The molecule has 0 radical (unpaired) electrons. The van der Waals surface area contributed by atoms with Crippen LogP contribution in [0.1, 0.15) is 53.3 Å². The van der Waals surface area contributed by atoms with Crippen molar-refractivity contribution in [3.8, 4) is 0 Å². The number of carbonyl (C=O) groups is 3. The van der Waals surface area contributed by atoms with Crippen LogP contribution < -0.4 is 9.80 Å². The molecule has 0 aliphatic carbocycles. The summed E-state index contributed by atoms with van der Waals surface area (Å²) in [5, 5.41) is 4.29. The molecular weight excluding hydrogens is 586 g/mol. The number of nitrogens with zero attached hydrogens (tertiary/aromatic N) is 3. The number of ketones is 2. The van der Waals surface area contributed by atoms with Crippen LogP contribution in [-0.2, 0) is 17.7 Å². The van der Waals surface area contributed by atoms with Gasteiger partial charge in [0.1, 0.15) is 5.71 Å². The molecule has 0 aromatic heterocycles. The summed E-state index contributed by atoms with van der Waals surface area (Å²) in [6.45, 7) is 0. The zero-order chi connectivity index (χ0) is 33.3. The summed E-state index contributed by atoms with van der Waals surface area (Å²) in [4.78, 5) is 48.0. The number of hydrogen-bond acceptors (Lipinski definition) is 7. The second kappa shape index (κ2) is 15.0. The highest BCUT2D eigenvalue weighted by molar-refractivity contribution is 6.13. The number of benzene rings is 5. The topological polar surface area (TPSA) is 79.3 Å². The maximum absolute atomic E-state index is 13.0. The third-order valence-corrected chi connectivity index (χ3v) is 7.82. The van der Waals surface area contributed by atoms with Gasteiger partial charge in [-0.15, -0.1) is 0 Å². The molecule has 0 aliphatic heterocycles. The summed E-state index contributed by atoms with van der Waals surface area (Å²) in [5.74, 6) is -0.534. The number of oxime groups is 1. The maximum Gasteiger partial charge on any atom is 0.365 e. The first-order valence-electron chi connectivity index (χ1n) is 15.3. The molecule has 0 bridgehead atoms. The maximum atomic E-state index is 13.0. The van der Waals surface area contributed by atoms with Crippen molar-refractivity contribution in [2.75, 3.05) is 38.0 Å². The Hall–Kier alpha value is -5.82. The van der Waals surface area contributed by atoms with Gasteiger partial charge in [-0.2, -0.15) is 0 Å². The van der Waals surface area contributed by atoms with Crippen LogP contribution in [0.4, 0.5) is 11.4 Å². The van der Waals surface area contributed by atoms with Crippen LogP contribution in [0.25, 0.3) is 0 Å². The molecule has 0 saturated carbocycles. The van der Waals surface area contributed by atoms with Crippen molar-refractivity contribution < 1.29 is 19.2 Å².